The molecule has 0 fully saturated rings. The molecule has 2 rings (SSSR count). The standard InChI is InChI=1S/C15H16ClFN2S/c16-14-6-1-2-7-15(14)20-10-13(19-18)9-11-4-3-5-12(17)8-11/h1-8,13,19H,9-10,18H2. The second-order valence-electron chi connectivity index (χ2n) is 4.44. The molecular formula is C15H16ClFN2S. The fourth-order valence-electron chi connectivity index (χ4n) is 1.87. The van der Waals surface area contributed by atoms with E-state index in [0.717, 1.165) is 21.2 Å². The predicted octanol–water partition coefficient (Wildman–Crippen LogP) is 3.65. The van der Waals surface area contributed by atoms with Gasteiger partial charge in [0.05, 0.1) is 5.02 Å². The zero-order chi connectivity index (χ0) is 14.4. The molecule has 1 atom stereocenters. The maximum atomic E-state index is 13.2. The molecule has 20 heavy (non-hydrogen) atoms. The van der Waals surface area contributed by atoms with Crippen molar-refractivity contribution in [2.45, 2.75) is 17.4 Å². The van der Waals surface area contributed by atoms with Crippen molar-refractivity contribution in [3.8, 4) is 0 Å². The monoisotopic (exact) mass is 310 g/mol. The molecule has 1 unspecified atom stereocenters. The fraction of sp³-hybridized carbons (Fsp3) is 0.200. The first-order valence-corrected chi connectivity index (χ1v) is 7.63. The number of hydrazine groups is 1. The average Bonchev–Trinajstić information content (AvgIpc) is 2.45. The van der Waals surface area contributed by atoms with E-state index in [4.69, 9.17) is 17.4 Å². The zero-order valence-corrected chi connectivity index (χ0v) is 12.4. The van der Waals surface area contributed by atoms with Gasteiger partial charge in [0, 0.05) is 16.7 Å². The van der Waals surface area contributed by atoms with Crippen molar-refractivity contribution in [3.05, 3.63) is 64.9 Å². The lowest BCUT2D eigenvalue weighted by atomic mass is 10.1. The summed E-state index contributed by atoms with van der Waals surface area (Å²) in [4.78, 5) is 1.02. The van der Waals surface area contributed by atoms with E-state index < -0.39 is 0 Å². The molecule has 5 heteroatoms. The number of hydrogen-bond acceptors (Lipinski definition) is 3. The molecule has 0 bridgehead atoms. The van der Waals surface area contributed by atoms with Crippen LogP contribution in [-0.2, 0) is 6.42 Å². The first-order valence-electron chi connectivity index (χ1n) is 6.27. The molecule has 0 spiro atoms. The van der Waals surface area contributed by atoms with Crippen molar-refractivity contribution < 1.29 is 4.39 Å². The van der Waals surface area contributed by atoms with Gasteiger partial charge in [0.1, 0.15) is 5.82 Å². The lowest BCUT2D eigenvalue weighted by Gasteiger charge is -2.16. The van der Waals surface area contributed by atoms with E-state index in [2.05, 4.69) is 5.43 Å². The second-order valence-corrected chi connectivity index (χ2v) is 5.91. The first-order chi connectivity index (χ1) is 9.69. The third-order valence-corrected chi connectivity index (χ3v) is 4.56. The Kier molecular flexibility index (Phi) is 5.86. The summed E-state index contributed by atoms with van der Waals surface area (Å²) < 4.78 is 13.2. The molecule has 0 radical (unpaired) electrons. The fourth-order valence-corrected chi connectivity index (χ4v) is 3.14. The molecule has 2 aromatic carbocycles. The molecule has 2 aromatic rings. The van der Waals surface area contributed by atoms with Crippen LogP contribution >= 0.6 is 23.4 Å². The lowest BCUT2D eigenvalue weighted by Crippen LogP contribution is -2.38. The Balaban J connectivity index is 1.94. The van der Waals surface area contributed by atoms with Crippen LogP contribution in [0.15, 0.2) is 53.4 Å². The van der Waals surface area contributed by atoms with Crippen LogP contribution in [0.3, 0.4) is 0 Å². The van der Waals surface area contributed by atoms with Gasteiger partial charge in [0.25, 0.3) is 0 Å². The third-order valence-electron chi connectivity index (χ3n) is 2.88. The van der Waals surface area contributed by atoms with Crippen LogP contribution in [0.5, 0.6) is 0 Å². The summed E-state index contributed by atoms with van der Waals surface area (Å²) >= 11 is 7.74. The first kappa shape index (κ1) is 15.3. The molecule has 0 aliphatic carbocycles. The number of nitrogens with one attached hydrogen (secondary N) is 1. The second kappa shape index (κ2) is 7.64. The number of nitrogens with two attached hydrogens (primary N) is 1. The van der Waals surface area contributed by atoms with Crippen LogP contribution in [0.25, 0.3) is 0 Å². The van der Waals surface area contributed by atoms with E-state index in [9.17, 15) is 4.39 Å². The van der Waals surface area contributed by atoms with Crippen LogP contribution in [0.2, 0.25) is 5.02 Å². The highest BCUT2D eigenvalue weighted by Crippen LogP contribution is 2.27. The van der Waals surface area contributed by atoms with Crippen molar-refractivity contribution in [2.24, 2.45) is 5.84 Å². The van der Waals surface area contributed by atoms with Gasteiger partial charge in [0.2, 0.25) is 0 Å². The highest BCUT2D eigenvalue weighted by atomic mass is 35.5. The van der Waals surface area contributed by atoms with Crippen molar-refractivity contribution in [2.75, 3.05) is 5.75 Å². The molecular weight excluding hydrogens is 295 g/mol. The van der Waals surface area contributed by atoms with Gasteiger partial charge in [-0.1, -0.05) is 35.9 Å². The van der Waals surface area contributed by atoms with Gasteiger partial charge in [-0.3, -0.25) is 11.3 Å². The molecule has 0 aromatic heterocycles. The Bertz CT molecular complexity index is 565. The lowest BCUT2D eigenvalue weighted by molar-refractivity contribution is 0.570. The van der Waals surface area contributed by atoms with Crippen molar-refractivity contribution in [3.63, 3.8) is 0 Å². The summed E-state index contributed by atoms with van der Waals surface area (Å²) in [6.07, 6.45) is 0.672. The Hall–Kier alpha value is -1.07. The van der Waals surface area contributed by atoms with E-state index in [1.807, 2.05) is 30.3 Å². The van der Waals surface area contributed by atoms with Gasteiger partial charge in [-0.05, 0) is 36.2 Å². The molecule has 0 aliphatic rings. The topological polar surface area (TPSA) is 38.0 Å². The van der Waals surface area contributed by atoms with Crippen LogP contribution in [-0.4, -0.2) is 11.8 Å². The minimum Gasteiger partial charge on any atom is -0.271 e. The number of rotatable bonds is 6. The number of benzene rings is 2. The van der Waals surface area contributed by atoms with Crippen molar-refractivity contribution in [1.29, 1.82) is 0 Å². The van der Waals surface area contributed by atoms with Crippen molar-refractivity contribution in [1.82, 2.24) is 5.43 Å². The number of halogens is 2. The Morgan fingerprint density at radius 2 is 2.00 bits per heavy atom. The molecule has 3 N–H and O–H groups in total. The maximum absolute atomic E-state index is 13.2. The smallest absolute Gasteiger partial charge is 0.123 e. The van der Waals surface area contributed by atoms with Gasteiger partial charge in [-0.25, -0.2) is 4.39 Å². The number of thioether (sulfide) groups is 1. The van der Waals surface area contributed by atoms with Gasteiger partial charge in [0.15, 0.2) is 0 Å². The van der Waals surface area contributed by atoms with Gasteiger partial charge in [-0.2, -0.15) is 0 Å². The number of hydrogen-bond donors (Lipinski definition) is 2. The van der Waals surface area contributed by atoms with Crippen molar-refractivity contribution >= 4 is 23.4 Å². The van der Waals surface area contributed by atoms with Crippen LogP contribution in [0, 0.1) is 5.82 Å². The molecule has 0 amide bonds. The maximum Gasteiger partial charge on any atom is 0.123 e. The average molecular weight is 311 g/mol. The van der Waals surface area contributed by atoms with E-state index in [0.29, 0.717) is 6.42 Å². The molecule has 0 saturated carbocycles. The largest absolute Gasteiger partial charge is 0.271 e. The molecule has 0 heterocycles. The summed E-state index contributed by atoms with van der Waals surface area (Å²) in [5.41, 5.74) is 3.70. The molecule has 106 valence electrons. The molecule has 2 nitrogen and oxygen atoms in total. The normalized spacial score (nSPS) is 12.3. The minimum absolute atomic E-state index is 0.0538. The summed E-state index contributed by atoms with van der Waals surface area (Å²) in [6.45, 7) is 0. The van der Waals surface area contributed by atoms with Crippen LogP contribution in [0.4, 0.5) is 4.39 Å². The summed E-state index contributed by atoms with van der Waals surface area (Å²) in [6, 6.07) is 14.3. The predicted molar refractivity (Wildman–Crippen MR) is 83.4 cm³/mol. The Morgan fingerprint density at radius 3 is 2.70 bits per heavy atom. The summed E-state index contributed by atoms with van der Waals surface area (Å²) in [5.74, 6) is 6.11. The highest BCUT2D eigenvalue weighted by molar-refractivity contribution is 7.99. The van der Waals surface area contributed by atoms with E-state index in [1.54, 1.807) is 17.8 Å². The van der Waals surface area contributed by atoms with E-state index in [-0.39, 0.29) is 11.9 Å². The SMILES string of the molecule is NNC(CSc1ccccc1Cl)Cc1cccc(F)c1. The highest BCUT2D eigenvalue weighted by Gasteiger charge is 2.10. The van der Waals surface area contributed by atoms with Crippen LogP contribution in [0.1, 0.15) is 5.56 Å². The Morgan fingerprint density at radius 1 is 1.20 bits per heavy atom. The quantitative estimate of drug-likeness (QED) is 0.486. The van der Waals surface area contributed by atoms with Crippen LogP contribution < -0.4 is 11.3 Å². The van der Waals surface area contributed by atoms with Gasteiger partial charge < -0.3 is 0 Å². The van der Waals surface area contributed by atoms with Gasteiger partial charge >= 0.3 is 0 Å². The summed E-state index contributed by atoms with van der Waals surface area (Å²) in [7, 11) is 0. The summed E-state index contributed by atoms with van der Waals surface area (Å²) in [5, 5.41) is 0.735. The van der Waals surface area contributed by atoms with Gasteiger partial charge in [-0.15, -0.1) is 11.8 Å². The molecule has 0 aliphatic heterocycles. The van der Waals surface area contributed by atoms with E-state index in [1.165, 1.54) is 12.1 Å². The third kappa shape index (κ3) is 4.49. The zero-order valence-electron chi connectivity index (χ0n) is 10.9. The molecule has 0 saturated heterocycles. The Labute approximate surface area is 127 Å². The minimum atomic E-state index is -0.225. The van der Waals surface area contributed by atoms with E-state index >= 15 is 0 Å².